The Kier molecular flexibility index (Phi) is 2.02. The summed E-state index contributed by atoms with van der Waals surface area (Å²) < 4.78 is 13.4. The number of para-hydroxylation sites is 1. The number of carbonyl (C=O) groups excluding carboxylic acids is 1. The van der Waals surface area contributed by atoms with Crippen LogP contribution >= 0.6 is 12.3 Å². The molecule has 0 atom stereocenters. The molecule has 2 rings (SSSR count). The van der Waals surface area contributed by atoms with Crippen LogP contribution in [0.3, 0.4) is 0 Å². The Balaban J connectivity index is 2.81. The smallest absolute Gasteiger partial charge is 0.188 e. The van der Waals surface area contributed by atoms with Crippen LogP contribution in [0, 0.1) is 0 Å². The van der Waals surface area contributed by atoms with Gasteiger partial charge in [-0.15, -0.1) is 3.89 Å². The molecule has 5 heteroatoms. The van der Waals surface area contributed by atoms with E-state index in [1.807, 2.05) is 0 Å². The lowest BCUT2D eigenvalue weighted by Crippen LogP contribution is -1.86. The fraction of sp³-hybridized carbons (Fsp3) is 0. The number of benzene rings is 1. The highest BCUT2D eigenvalue weighted by molar-refractivity contribution is 7.92. The third-order valence-electron chi connectivity index (χ3n) is 1.76. The Morgan fingerprint density at radius 3 is 2.92 bits per heavy atom. The van der Waals surface area contributed by atoms with E-state index >= 15 is 0 Å². The Labute approximate surface area is 78.0 Å². The second-order valence-electron chi connectivity index (χ2n) is 2.46. The Hall–Kier alpha value is -1.36. The molecule has 0 N–H and O–H groups in total. The molecule has 0 saturated carbocycles. The minimum Gasteiger partial charge on any atom is -0.296 e. The maximum Gasteiger partial charge on any atom is 0.188 e. The summed E-state index contributed by atoms with van der Waals surface area (Å²) in [7, 11) is 0. The second kappa shape index (κ2) is 3.18. The van der Waals surface area contributed by atoms with Gasteiger partial charge in [-0.1, -0.05) is 18.2 Å². The standard InChI is InChI=1S/C8H5FN2OS/c9-13-11-8-4-2-1-3-6(8)7(5-12)10-11/h1-5H. The van der Waals surface area contributed by atoms with Gasteiger partial charge in [-0.2, -0.15) is 9.19 Å². The summed E-state index contributed by atoms with van der Waals surface area (Å²) >= 11 is -0.0188. The van der Waals surface area contributed by atoms with Crippen LogP contribution < -0.4 is 0 Å². The normalized spacial score (nSPS) is 10.5. The number of aldehydes is 1. The van der Waals surface area contributed by atoms with Crippen LogP contribution in [0.15, 0.2) is 24.3 Å². The first kappa shape index (κ1) is 8.25. The zero-order valence-corrected chi connectivity index (χ0v) is 7.29. The van der Waals surface area contributed by atoms with Gasteiger partial charge < -0.3 is 0 Å². The largest absolute Gasteiger partial charge is 0.296 e. The van der Waals surface area contributed by atoms with Gasteiger partial charge in [0.25, 0.3) is 0 Å². The van der Waals surface area contributed by atoms with Gasteiger partial charge in [0.05, 0.1) is 5.52 Å². The Morgan fingerprint density at radius 2 is 2.23 bits per heavy atom. The van der Waals surface area contributed by atoms with Gasteiger partial charge in [0.15, 0.2) is 18.6 Å². The number of hydrogen-bond donors (Lipinski definition) is 0. The molecule has 3 nitrogen and oxygen atoms in total. The van der Waals surface area contributed by atoms with E-state index in [4.69, 9.17) is 0 Å². The number of fused-ring (bicyclic) bond motifs is 1. The van der Waals surface area contributed by atoms with E-state index in [1.165, 1.54) is 0 Å². The van der Waals surface area contributed by atoms with E-state index in [1.54, 1.807) is 24.3 Å². The van der Waals surface area contributed by atoms with E-state index in [0.29, 0.717) is 17.2 Å². The summed E-state index contributed by atoms with van der Waals surface area (Å²) in [6.07, 6.45) is 0.620. The van der Waals surface area contributed by atoms with Crippen LogP contribution in [0.2, 0.25) is 0 Å². The molecular formula is C8H5FN2OS. The lowest BCUT2D eigenvalue weighted by atomic mass is 10.2. The molecule has 0 aliphatic rings. The van der Waals surface area contributed by atoms with Crippen molar-refractivity contribution in [3.05, 3.63) is 30.0 Å². The van der Waals surface area contributed by atoms with Crippen molar-refractivity contribution in [2.75, 3.05) is 0 Å². The third-order valence-corrected chi connectivity index (χ3v) is 2.17. The molecule has 0 bridgehead atoms. The summed E-state index contributed by atoms with van der Waals surface area (Å²) in [6, 6.07) is 7.00. The summed E-state index contributed by atoms with van der Waals surface area (Å²) in [5, 5.41) is 4.43. The monoisotopic (exact) mass is 196 g/mol. The summed E-state index contributed by atoms with van der Waals surface area (Å²) in [5.41, 5.74) is 0.873. The van der Waals surface area contributed by atoms with Crippen molar-refractivity contribution >= 4 is 29.5 Å². The SMILES string of the molecule is O=Cc1nn(SF)c2ccccc12. The van der Waals surface area contributed by atoms with Gasteiger partial charge in [0.2, 0.25) is 0 Å². The second-order valence-corrected chi connectivity index (χ2v) is 2.95. The van der Waals surface area contributed by atoms with Crippen molar-refractivity contribution < 1.29 is 8.68 Å². The average Bonchev–Trinajstić information content (AvgIpc) is 2.56. The highest BCUT2D eigenvalue weighted by Crippen LogP contribution is 2.21. The van der Waals surface area contributed by atoms with Crippen molar-refractivity contribution in [1.82, 2.24) is 9.19 Å². The number of carbonyl (C=O) groups is 1. The quantitative estimate of drug-likeness (QED) is 0.691. The van der Waals surface area contributed by atoms with E-state index in [9.17, 15) is 8.68 Å². The van der Waals surface area contributed by atoms with Crippen LogP contribution in [0.5, 0.6) is 0 Å². The summed E-state index contributed by atoms with van der Waals surface area (Å²) in [6.45, 7) is 0. The number of nitrogens with zero attached hydrogens (tertiary/aromatic N) is 2. The predicted octanol–water partition coefficient (Wildman–Crippen LogP) is 2.23. The zero-order chi connectivity index (χ0) is 9.26. The van der Waals surface area contributed by atoms with Gasteiger partial charge in [-0.25, -0.2) is 0 Å². The molecular weight excluding hydrogens is 191 g/mol. The first-order valence-corrected chi connectivity index (χ1v) is 4.26. The number of hydrogen-bond acceptors (Lipinski definition) is 3. The highest BCUT2D eigenvalue weighted by atomic mass is 32.2. The van der Waals surface area contributed by atoms with Crippen LogP contribution in [0.25, 0.3) is 10.9 Å². The summed E-state index contributed by atoms with van der Waals surface area (Å²) in [5.74, 6) is 0. The van der Waals surface area contributed by atoms with Crippen LogP contribution in [-0.2, 0) is 0 Å². The van der Waals surface area contributed by atoms with E-state index in [-0.39, 0.29) is 18.0 Å². The van der Waals surface area contributed by atoms with Crippen molar-refractivity contribution in [2.24, 2.45) is 0 Å². The van der Waals surface area contributed by atoms with Gasteiger partial charge >= 0.3 is 0 Å². The Bertz CT molecular complexity index is 454. The molecule has 0 unspecified atom stereocenters. The molecule has 0 spiro atoms. The highest BCUT2D eigenvalue weighted by Gasteiger charge is 2.08. The minimum absolute atomic E-state index is 0.0188. The lowest BCUT2D eigenvalue weighted by molar-refractivity contribution is 0.112. The van der Waals surface area contributed by atoms with E-state index in [0.717, 1.165) is 4.09 Å². The van der Waals surface area contributed by atoms with Gasteiger partial charge in [-0.3, -0.25) is 4.79 Å². The molecule has 0 radical (unpaired) electrons. The van der Waals surface area contributed by atoms with Gasteiger partial charge in [0, 0.05) is 5.39 Å². The average molecular weight is 196 g/mol. The lowest BCUT2D eigenvalue weighted by Gasteiger charge is -1.90. The molecule has 0 aliphatic carbocycles. The molecule has 1 heterocycles. The molecule has 1 aromatic heterocycles. The Morgan fingerprint density at radius 1 is 1.46 bits per heavy atom. The fourth-order valence-electron chi connectivity index (χ4n) is 1.20. The topological polar surface area (TPSA) is 34.9 Å². The number of rotatable bonds is 2. The van der Waals surface area contributed by atoms with Gasteiger partial charge in [-0.05, 0) is 6.07 Å². The van der Waals surface area contributed by atoms with Crippen molar-refractivity contribution in [1.29, 1.82) is 0 Å². The maximum atomic E-state index is 12.3. The first-order valence-electron chi connectivity index (χ1n) is 3.59. The van der Waals surface area contributed by atoms with Crippen molar-refractivity contribution in [2.45, 2.75) is 0 Å². The molecule has 1 aromatic carbocycles. The molecule has 0 fully saturated rings. The van der Waals surface area contributed by atoms with E-state index < -0.39 is 0 Å². The molecule has 66 valence electrons. The molecule has 2 aromatic rings. The molecule has 0 aliphatic heterocycles. The van der Waals surface area contributed by atoms with Crippen LogP contribution in [0.1, 0.15) is 10.5 Å². The van der Waals surface area contributed by atoms with Gasteiger partial charge in [0.1, 0.15) is 5.69 Å². The number of aromatic nitrogens is 2. The predicted molar refractivity (Wildman–Crippen MR) is 49.2 cm³/mol. The van der Waals surface area contributed by atoms with Crippen LogP contribution in [-0.4, -0.2) is 15.5 Å². The molecule has 13 heavy (non-hydrogen) atoms. The first-order chi connectivity index (χ1) is 6.36. The maximum absolute atomic E-state index is 12.3. The minimum atomic E-state index is -0.0188. The van der Waals surface area contributed by atoms with Crippen LogP contribution in [0.4, 0.5) is 3.89 Å². The van der Waals surface area contributed by atoms with Crippen molar-refractivity contribution in [3.63, 3.8) is 0 Å². The third kappa shape index (κ3) is 1.21. The van der Waals surface area contributed by atoms with E-state index in [2.05, 4.69) is 5.10 Å². The molecule has 0 saturated heterocycles. The zero-order valence-electron chi connectivity index (χ0n) is 6.48. The summed E-state index contributed by atoms with van der Waals surface area (Å²) in [4.78, 5) is 10.5. The number of halogens is 1. The molecule has 0 amide bonds. The van der Waals surface area contributed by atoms with Crippen molar-refractivity contribution in [3.8, 4) is 0 Å². The fourth-order valence-corrected chi connectivity index (χ4v) is 1.55.